The molecule has 0 saturated carbocycles. The Morgan fingerprint density at radius 2 is 1.93 bits per heavy atom. The summed E-state index contributed by atoms with van der Waals surface area (Å²) in [6.45, 7) is 11.0. The van der Waals surface area contributed by atoms with Gasteiger partial charge in [0.2, 0.25) is 0 Å². The maximum Gasteiger partial charge on any atom is 0.0472 e. The third-order valence-corrected chi connectivity index (χ3v) is 4.70. The first kappa shape index (κ1) is 13.5. The molecule has 0 spiro atoms. The molecule has 90 valence electrons. The van der Waals surface area contributed by atoms with E-state index in [1.165, 1.54) is 19.4 Å². The van der Waals surface area contributed by atoms with Gasteiger partial charge in [-0.15, -0.1) is 0 Å². The number of halogens is 1. The minimum absolute atomic E-state index is 0.443. The van der Waals surface area contributed by atoms with Crippen LogP contribution in [0.15, 0.2) is 0 Å². The minimum atomic E-state index is 0.443. The molecule has 0 aromatic rings. The fourth-order valence-corrected chi connectivity index (χ4v) is 2.97. The quantitative estimate of drug-likeness (QED) is 0.717. The molecule has 0 radical (unpaired) electrons. The maximum absolute atomic E-state index is 5.46. The second kappa shape index (κ2) is 6.21. The Balaban J connectivity index is 2.57. The zero-order valence-corrected chi connectivity index (χ0v) is 11.8. The van der Waals surface area contributed by atoms with E-state index in [9.17, 15) is 0 Å². The van der Waals surface area contributed by atoms with Gasteiger partial charge in [0.25, 0.3) is 0 Å². The number of hydrogen-bond acceptors (Lipinski definition) is 2. The lowest BCUT2D eigenvalue weighted by molar-refractivity contribution is 0.00400. The molecule has 0 aliphatic carbocycles. The van der Waals surface area contributed by atoms with Gasteiger partial charge in [-0.05, 0) is 38.6 Å². The molecule has 2 nitrogen and oxygen atoms in total. The lowest BCUT2D eigenvalue weighted by Crippen LogP contribution is -2.45. The monoisotopic (exact) mass is 277 g/mol. The van der Waals surface area contributed by atoms with Gasteiger partial charge in [-0.2, -0.15) is 0 Å². The Morgan fingerprint density at radius 1 is 1.33 bits per heavy atom. The Kier molecular flexibility index (Phi) is 5.58. The average Bonchev–Trinajstić information content (AvgIpc) is 2.27. The molecule has 1 rings (SSSR count). The van der Waals surface area contributed by atoms with E-state index in [0.29, 0.717) is 11.5 Å². The van der Waals surface area contributed by atoms with Crippen molar-refractivity contribution < 1.29 is 4.74 Å². The summed E-state index contributed by atoms with van der Waals surface area (Å²) in [5.74, 6) is 0. The van der Waals surface area contributed by atoms with Gasteiger partial charge in [-0.25, -0.2) is 0 Å². The van der Waals surface area contributed by atoms with E-state index >= 15 is 0 Å². The van der Waals surface area contributed by atoms with E-state index < -0.39 is 0 Å². The van der Waals surface area contributed by atoms with Crippen LogP contribution in [-0.2, 0) is 4.74 Å². The van der Waals surface area contributed by atoms with E-state index in [2.05, 4.69) is 41.6 Å². The molecular weight excluding hydrogens is 254 g/mol. The molecule has 0 unspecified atom stereocenters. The van der Waals surface area contributed by atoms with Crippen molar-refractivity contribution in [3.8, 4) is 0 Å². The molecule has 0 amide bonds. The Hall–Kier alpha value is 0.400. The summed E-state index contributed by atoms with van der Waals surface area (Å²) in [7, 11) is 0. The highest BCUT2D eigenvalue weighted by molar-refractivity contribution is 9.09. The molecular formula is C12H24BrNO. The summed E-state index contributed by atoms with van der Waals surface area (Å²) in [6.07, 6.45) is 2.39. The van der Waals surface area contributed by atoms with Gasteiger partial charge < -0.3 is 9.64 Å². The second-order valence-electron chi connectivity index (χ2n) is 4.90. The Morgan fingerprint density at radius 3 is 2.33 bits per heavy atom. The van der Waals surface area contributed by atoms with Crippen molar-refractivity contribution in [3.05, 3.63) is 0 Å². The predicted octanol–water partition coefficient (Wildman–Crippen LogP) is 2.91. The first-order valence-electron chi connectivity index (χ1n) is 6.01. The third-order valence-electron chi connectivity index (χ3n) is 3.51. The largest absolute Gasteiger partial charge is 0.381 e. The summed E-state index contributed by atoms with van der Waals surface area (Å²) in [5.41, 5.74) is 0.443. The molecule has 0 aromatic carbocycles. The van der Waals surface area contributed by atoms with Gasteiger partial charge in [0.1, 0.15) is 0 Å². The van der Waals surface area contributed by atoms with Gasteiger partial charge >= 0.3 is 0 Å². The van der Waals surface area contributed by atoms with E-state index in [4.69, 9.17) is 4.74 Å². The molecule has 0 bridgehead atoms. The molecule has 1 aliphatic heterocycles. The van der Waals surface area contributed by atoms with Gasteiger partial charge in [-0.1, -0.05) is 22.9 Å². The van der Waals surface area contributed by atoms with Crippen LogP contribution in [-0.4, -0.2) is 42.6 Å². The molecule has 15 heavy (non-hydrogen) atoms. The highest BCUT2D eigenvalue weighted by Gasteiger charge is 2.33. The van der Waals surface area contributed by atoms with Crippen molar-refractivity contribution in [2.24, 2.45) is 5.41 Å². The van der Waals surface area contributed by atoms with Crippen molar-refractivity contribution in [1.82, 2.24) is 4.90 Å². The molecule has 3 heteroatoms. The molecule has 1 saturated heterocycles. The van der Waals surface area contributed by atoms with Crippen LogP contribution in [0.1, 0.15) is 33.6 Å². The average molecular weight is 278 g/mol. The van der Waals surface area contributed by atoms with Crippen molar-refractivity contribution in [2.45, 2.75) is 39.7 Å². The molecule has 0 atom stereocenters. The van der Waals surface area contributed by atoms with Crippen LogP contribution >= 0.6 is 15.9 Å². The SMILES string of the molecule is CCN(CC1(CBr)CCOCC1)C(C)C. The Labute approximate surface area is 102 Å². The summed E-state index contributed by atoms with van der Waals surface area (Å²) >= 11 is 3.69. The summed E-state index contributed by atoms with van der Waals surface area (Å²) in [4.78, 5) is 2.56. The predicted molar refractivity (Wildman–Crippen MR) is 68.7 cm³/mol. The maximum atomic E-state index is 5.46. The number of rotatable bonds is 5. The highest BCUT2D eigenvalue weighted by atomic mass is 79.9. The number of alkyl halides is 1. The van der Waals surface area contributed by atoms with Crippen molar-refractivity contribution in [2.75, 3.05) is 31.6 Å². The van der Waals surface area contributed by atoms with Crippen LogP contribution in [0.2, 0.25) is 0 Å². The fourth-order valence-electron chi connectivity index (χ4n) is 2.23. The van der Waals surface area contributed by atoms with Crippen LogP contribution in [0, 0.1) is 5.41 Å². The number of hydrogen-bond donors (Lipinski definition) is 0. The van der Waals surface area contributed by atoms with Gasteiger partial charge in [0.05, 0.1) is 0 Å². The summed E-state index contributed by atoms with van der Waals surface area (Å²) < 4.78 is 5.46. The Bertz CT molecular complexity index is 178. The normalized spacial score (nSPS) is 21.2. The molecule has 0 N–H and O–H groups in total. The first-order chi connectivity index (χ1) is 7.13. The fraction of sp³-hybridized carbons (Fsp3) is 1.00. The smallest absolute Gasteiger partial charge is 0.0472 e. The van der Waals surface area contributed by atoms with Crippen LogP contribution < -0.4 is 0 Å². The molecule has 1 fully saturated rings. The van der Waals surface area contributed by atoms with Crippen LogP contribution in [0.25, 0.3) is 0 Å². The zero-order valence-electron chi connectivity index (χ0n) is 10.3. The lowest BCUT2D eigenvalue weighted by atomic mass is 9.81. The molecule has 1 aliphatic rings. The standard InChI is InChI=1S/C12H24BrNO/c1-4-14(11(2)3)10-12(9-13)5-7-15-8-6-12/h11H,4-10H2,1-3H3. The zero-order chi connectivity index (χ0) is 11.3. The topological polar surface area (TPSA) is 12.5 Å². The van der Waals surface area contributed by atoms with Gasteiger partial charge in [-0.3, -0.25) is 0 Å². The third kappa shape index (κ3) is 3.72. The number of nitrogens with zero attached hydrogens (tertiary/aromatic N) is 1. The van der Waals surface area contributed by atoms with E-state index in [1.54, 1.807) is 0 Å². The summed E-state index contributed by atoms with van der Waals surface area (Å²) in [6, 6.07) is 0.647. The molecule has 0 aromatic heterocycles. The van der Waals surface area contributed by atoms with E-state index in [1.807, 2.05) is 0 Å². The molecule has 1 heterocycles. The summed E-state index contributed by atoms with van der Waals surface area (Å²) in [5, 5.41) is 1.10. The second-order valence-corrected chi connectivity index (χ2v) is 5.46. The van der Waals surface area contributed by atoms with E-state index in [0.717, 1.165) is 25.1 Å². The van der Waals surface area contributed by atoms with Crippen LogP contribution in [0.5, 0.6) is 0 Å². The highest BCUT2D eigenvalue weighted by Crippen LogP contribution is 2.33. The van der Waals surface area contributed by atoms with Gasteiger partial charge in [0.15, 0.2) is 0 Å². The lowest BCUT2D eigenvalue weighted by Gasteiger charge is -2.41. The minimum Gasteiger partial charge on any atom is -0.381 e. The van der Waals surface area contributed by atoms with E-state index in [-0.39, 0.29) is 0 Å². The van der Waals surface area contributed by atoms with Gasteiger partial charge in [0, 0.05) is 31.1 Å². The van der Waals surface area contributed by atoms with Crippen molar-refractivity contribution in [1.29, 1.82) is 0 Å². The van der Waals surface area contributed by atoms with Crippen molar-refractivity contribution >= 4 is 15.9 Å². The van der Waals surface area contributed by atoms with Crippen LogP contribution in [0.4, 0.5) is 0 Å². The van der Waals surface area contributed by atoms with Crippen LogP contribution in [0.3, 0.4) is 0 Å². The number of ether oxygens (including phenoxy) is 1. The van der Waals surface area contributed by atoms with Crippen molar-refractivity contribution in [3.63, 3.8) is 0 Å². The first-order valence-corrected chi connectivity index (χ1v) is 7.13.